The van der Waals surface area contributed by atoms with Crippen molar-refractivity contribution in [2.24, 2.45) is 5.11 Å². The summed E-state index contributed by atoms with van der Waals surface area (Å²) in [6.45, 7) is 6.67. The lowest BCUT2D eigenvalue weighted by molar-refractivity contribution is -0.0503. The summed E-state index contributed by atoms with van der Waals surface area (Å²) in [6, 6.07) is -0.786. The van der Waals surface area contributed by atoms with Crippen LogP contribution in [0.1, 0.15) is 148 Å². The number of rotatable bonds is 31. The molecule has 0 aliphatic carbocycles. The van der Waals surface area contributed by atoms with Gasteiger partial charge in [0.05, 0.1) is 32.0 Å². The van der Waals surface area contributed by atoms with E-state index in [4.69, 9.17) is 28.8 Å². The van der Waals surface area contributed by atoms with Gasteiger partial charge in [-0.3, -0.25) is 23.4 Å². The number of aromatic amines is 1. The highest BCUT2D eigenvalue weighted by Gasteiger charge is 2.38. The zero-order chi connectivity index (χ0) is 36.5. The number of aromatic nitrogens is 2. The highest BCUT2D eigenvalue weighted by molar-refractivity contribution is 7.47. The fourth-order valence-corrected chi connectivity index (χ4v) is 6.71. The molecule has 2 N–H and O–H groups in total. The quantitative estimate of drug-likeness (QED) is 0.0249. The van der Waals surface area contributed by atoms with Crippen molar-refractivity contribution in [3.63, 3.8) is 0 Å². The second-order valence-electron chi connectivity index (χ2n) is 13.4. The van der Waals surface area contributed by atoms with Crippen LogP contribution in [-0.4, -0.2) is 65.7 Å². The first-order valence-corrected chi connectivity index (χ1v) is 20.5. The van der Waals surface area contributed by atoms with Crippen molar-refractivity contribution in [1.29, 1.82) is 0 Å². The maximum Gasteiger partial charge on any atom is 0.472 e. The standard InChI is InChI=1S/C35H64N5O9P/c1-4-6-8-10-12-14-16-18-20-22-45-26-30(46-23-21-19-17-15-13-11-9-7-5-2)27-47-50(43,44)48-28-32-31(38-39-36)24-33(49-32)40-25-29(3)34(41)37-35(40)42/h25,30-33H,4-24,26-28H2,1-3H3,(H,43,44)(H,37,41,42)/t30?,31-,32+,33+/m0/s1. The number of nitrogens with zero attached hydrogens (tertiary/aromatic N) is 4. The summed E-state index contributed by atoms with van der Waals surface area (Å²) < 4.78 is 42.5. The first kappa shape index (κ1) is 44.1. The zero-order valence-corrected chi connectivity index (χ0v) is 31.7. The Bertz CT molecular complexity index is 1260. The minimum atomic E-state index is -4.56. The van der Waals surface area contributed by atoms with E-state index in [1.165, 1.54) is 94.2 Å². The third kappa shape index (κ3) is 19.0. The van der Waals surface area contributed by atoms with Gasteiger partial charge in [-0.15, -0.1) is 0 Å². The van der Waals surface area contributed by atoms with Crippen LogP contribution in [0, 0.1) is 6.92 Å². The predicted octanol–water partition coefficient (Wildman–Crippen LogP) is 8.41. The molecule has 2 unspecified atom stereocenters. The smallest absolute Gasteiger partial charge is 0.379 e. The van der Waals surface area contributed by atoms with Crippen LogP contribution in [0.25, 0.3) is 10.4 Å². The van der Waals surface area contributed by atoms with E-state index in [1.54, 1.807) is 6.92 Å². The van der Waals surface area contributed by atoms with Crippen LogP contribution >= 0.6 is 7.82 Å². The number of phosphoric ester groups is 1. The van der Waals surface area contributed by atoms with Gasteiger partial charge >= 0.3 is 13.5 Å². The van der Waals surface area contributed by atoms with Crippen molar-refractivity contribution in [2.45, 2.75) is 167 Å². The van der Waals surface area contributed by atoms with Gasteiger partial charge in [0.1, 0.15) is 12.3 Å². The molecule has 1 aliphatic rings. The molecule has 2 rings (SSSR count). The SMILES string of the molecule is CCCCCCCCCCCOCC(COP(=O)(O)OC[C@H]1O[C@@H](n2cc(C)c(=O)[nH]c2=O)C[C@@H]1N=[N+]=[N-])OCCCCCCCCCCC. The summed E-state index contributed by atoms with van der Waals surface area (Å²) in [5, 5.41) is 3.72. The maximum absolute atomic E-state index is 12.9. The summed E-state index contributed by atoms with van der Waals surface area (Å²) >= 11 is 0. The van der Waals surface area contributed by atoms with Gasteiger partial charge < -0.3 is 19.1 Å². The van der Waals surface area contributed by atoms with Crippen molar-refractivity contribution in [3.8, 4) is 0 Å². The van der Waals surface area contributed by atoms with E-state index >= 15 is 0 Å². The fourth-order valence-electron chi connectivity index (χ4n) is 5.94. The number of unbranched alkanes of at least 4 members (excludes halogenated alkanes) is 16. The Kier molecular flexibility index (Phi) is 23.6. The molecular formula is C35H64N5O9P. The Morgan fingerprint density at radius 3 is 2.06 bits per heavy atom. The van der Waals surface area contributed by atoms with Gasteiger partial charge in [0, 0.05) is 36.3 Å². The first-order chi connectivity index (χ1) is 24.2. The van der Waals surface area contributed by atoms with Crippen LogP contribution in [0.4, 0.5) is 0 Å². The molecule has 288 valence electrons. The van der Waals surface area contributed by atoms with Crippen LogP contribution in [0.15, 0.2) is 20.9 Å². The largest absolute Gasteiger partial charge is 0.472 e. The molecule has 1 aromatic heterocycles. The van der Waals surface area contributed by atoms with Gasteiger partial charge in [-0.25, -0.2) is 9.36 Å². The lowest BCUT2D eigenvalue weighted by atomic mass is 10.1. The van der Waals surface area contributed by atoms with E-state index < -0.39 is 50.2 Å². The summed E-state index contributed by atoms with van der Waals surface area (Å²) in [7, 11) is -4.56. The molecule has 5 atom stereocenters. The van der Waals surface area contributed by atoms with Gasteiger partial charge in [-0.2, -0.15) is 0 Å². The molecule has 1 aromatic rings. The van der Waals surface area contributed by atoms with Gasteiger partial charge in [0.15, 0.2) is 0 Å². The van der Waals surface area contributed by atoms with Crippen LogP contribution in [0.3, 0.4) is 0 Å². The van der Waals surface area contributed by atoms with E-state index in [1.807, 2.05) is 0 Å². The van der Waals surface area contributed by atoms with Gasteiger partial charge in [0.2, 0.25) is 0 Å². The number of aryl methyl sites for hydroxylation is 1. The van der Waals surface area contributed by atoms with E-state index in [0.29, 0.717) is 18.8 Å². The van der Waals surface area contributed by atoms with E-state index in [-0.39, 0.29) is 19.6 Å². The van der Waals surface area contributed by atoms with E-state index in [9.17, 15) is 19.0 Å². The summed E-state index contributed by atoms with van der Waals surface area (Å²) in [5.41, 5.74) is 8.15. The molecule has 0 aromatic carbocycles. The monoisotopic (exact) mass is 729 g/mol. The summed E-state index contributed by atoms with van der Waals surface area (Å²) in [6.07, 6.45) is 20.8. The Hall–Kier alpha value is -2.02. The highest BCUT2D eigenvalue weighted by Crippen LogP contribution is 2.44. The molecule has 1 fully saturated rings. The maximum atomic E-state index is 12.9. The lowest BCUT2D eigenvalue weighted by Crippen LogP contribution is -2.33. The molecule has 0 bridgehead atoms. The molecule has 0 saturated carbocycles. The third-order valence-electron chi connectivity index (χ3n) is 8.98. The van der Waals surface area contributed by atoms with Crippen molar-refractivity contribution in [1.82, 2.24) is 9.55 Å². The average molecular weight is 730 g/mol. The van der Waals surface area contributed by atoms with E-state index in [0.717, 1.165) is 32.1 Å². The molecular weight excluding hydrogens is 665 g/mol. The van der Waals surface area contributed by atoms with Crippen LogP contribution in [0.2, 0.25) is 0 Å². The first-order valence-electron chi connectivity index (χ1n) is 19.0. The van der Waals surface area contributed by atoms with Crippen molar-refractivity contribution in [3.05, 3.63) is 43.0 Å². The van der Waals surface area contributed by atoms with Gasteiger partial charge in [0.25, 0.3) is 5.56 Å². The highest BCUT2D eigenvalue weighted by atomic mass is 31.2. The minimum Gasteiger partial charge on any atom is -0.379 e. The summed E-state index contributed by atoms with van der Waals surface area (Å²) in [4.78, 5) is 39.7. The second-order valence-corrected chi connectivity index (χ2v) is 14.9. The van der Waals surface area contributed by atoms with Crippen LogP contribution < -0.4 is 11.2 Å². The fraction of sp³-hybridized carbons (Fsp3) is 0.886. The van der Waals surface area contributed by atoms with Crippen molar-refractivity contribution < 1.29 is 32.7 Å². The molecule has 1 aliphatic heterocycles. The number of hydrogen-bond donors (Lipinski definition) is 2. The number of H-pyrrole nitrogens is 1. The second kappa shape index (κ2) is 26.7. The normalized spacial score (nSPS) is 19.3. The number of phosphoric acid groups is 1. The van der Waals surface area contributed by atoms with Crippen LogP contribution in [-0.2, 0) is 27.8 Å². The number of azide groups is 1. The van der Waals surface area contributed by atoms with Crippen molar-refractivity contribution >= 4 is 7.82 Å². The lowest BCUT2D eigenvalue weighted by Gasteiger charge is -2.21. The molecule has 2 heterocycles. The topological polar surface area (TPSA) is 187 Å². The number of ether oxygens (including phenoxy) is 3. The Morgan fingerprint density at radius 2 is 1.48 bits per heavy atom. The summed E-state index contributed by atoms with van der Waals surface area (Å²) in [5.74, 6) is 0. The van der Waals surface area contributed by atoms with Crippen LogP contribution in [0.5, 0.6) is 0 Å². The van der Waals surface area contributed by atoms with Crippen molar-refractivity contribution in [2.75, 3.05) is 33.0 Å². The molecule has 15 heteroatoms. The Morgan fingerprint density at radius 1 is 0.920 bits per heavy atom. The zero-order valence-electron chi connectivity index (χ0n) is 30.8. The molecule has 1 saturated heterocycles. The molecule has 14 nitrogen and oxygen atoms in total. The predicted molar refractivity (Wildman–Crippen MR) is 194 cm³/mol. The Labute approximate surface area is 298 Å². The minimum absolute atomic E-state index is 0.102. The van der Waals surface area contributed by atoms with Gasteiger partial charge in [-0.05, 0) is 25.3 Å². The number of nitrogens with one attached hydrogen (secondary N) is 1. The Balaban J connectivity index is 1.82. The molecule has 0 spiro atoms. The average Bonchev–Trinajstić information content (AvgIpc) is 3.49. The van der Waals surface area contributed by atoms with Gasteiger partial charge in [-0.1, -0.05) is 122 Å². The third-order valence-corrected chi connectivity index (χ3v) is 9.93. The molecule has 0 amide bonds. The molecule has 0 radical (unpaired) electrons. The number of hydrogen-bond acceptors (Lipinski definition) is 9. The van der Waals surface area contributed by atoms with E-state index in [2.05, 4.69) is 28.9 Å². The molecule has 50 heavy (non-hydrogen) atoms.